The number of pyridine rings is 1. The van der Waals surface area contributed by atoms with E-state index in [4.69, 9.17) is 0 Å². The Balaban J connectivity index is 1.39. The van der Waals surface area contributed by atoms with Gasteiger partial charge in [-0.15, -0.1) is 0 Å². The van der Waals surface area contributed by atoms with Gasteiger partial charge in [0.15, 0.2) is 0 Å². The molecular weight excluding hydrogens is 328 g/mol. The topological polar surface area (TPSA) is 74.3 Å². The summed E-state index contributed by atoms with van der Waals surface area (Å²) in [7, 11) is 0. The molecule has 26 heavy (non-hydrogen) atoms. The van der Waals surface area contributed by atoms with Crippen LogP contribution in [0.25, 0.3) is 0 Å². The molecule has 0 aromatic carbocycles. The van der Waals surface area contributed by atoms with Crippen molar-refractivity contribution in [3.63, 3.8) is 0 Å². The fourth-order valence-corrected chi connectivity index (χ4v) is 3.99. The number of aromatic nitrogens is 1. The summed E-state index contributed by atoms with van der Waals surface area (Å²) in [5, 5.41) is 6.23. The van der Waals surface area contributed by atoms with Gasteiger partial charge in [-0.3, -0.25) is 14.6 Å². The molecule has 0 bridgehead atoms. The first-order valence-corrected chi connectivity index (χ1v) is 9.92. The van der Waals surface area contributed by atoms with Crippen LogP contribution >= 0.6 is 0 Å². The predicted molar refractivity (Wildman–Crippen MR) is 102 cm³/mol. The summed E-state index contributed by atoms with van der Waals surface area (Å²) >= 11 is 0. The van der Waals surface area contributed by atoms with Gasteiger partial charge in [-0.1, -0.05) is 19.3 Å². The molecule has 1 atom stereocenters. The van der Waals surface area contributed by atoms with Crippen LogP contribution in [0.5, 0.6) is 0 Å². The van der Waals surface area contributed by atoms with Crippen LogP contribution in [0.2, 0.25) is 0 Å². The third-order valence-electron chi connectivity index (χ3n) is 5.49. The van der Waals surface area contributed by atoms with Crippen molar-refractivity contribution in [2.75, 3.05) is 31.5 Å². The van der Waals surface area contributed by atoms with Crippen LogP contribution in [-0.4, -0.2) is 47.9 Å². The Labute approximate surface area is 155 Å². The maximum Gasteiger partial charge on any atom is 0.224 e. The van der Waals surface area contributed by atoms with Gasteiger partial charge in [-0.05, 0) is 37.3 Å². The van der Waals surface area contributed by atoms with Crippen molar-refractivity contribution in [3.05, 3.63) is 24.5 Å². The van der Waals surface area contributed by atoms with E-state index in [0.29, 0.717) is 38.4 Å². The van der Waals surface area contributed by atoms with E-state index in [9.17, 15) is 9.59 Å². The standard InChI is InChI=1S/C20H30N4O2/c25-19-9-8-17(15-24(19)14-16-5-2-1-3-6-16)20(26)23-12-11-22-18-7-4-10-21-13-18/h4,7,10,13,16-17,22H,1-3,5-6,8-9,11-12,14-15H2,(H,23,26). The molecule has 2 fully saturated rings. The first-order chi connectivity index (χ1) is 12.7. The lowest BCUT2D eigenvalue weighted by molar-refractivity contribution is -0.139. The van der Waals surface area contributed by atoms with Crippen molar-refractivity contribution >= 4 is 17.5 Å². The summed E-state index contributed by atoms with van der Waals surface area (Å²) in [5.74, 6) is 0.838. The maximum absolute atomic E-state index is 12.5. The normalized spacial score (nSPS) is 21.5. The summed E-state index contributed by atoms with van der Waals surface area (Å²) in [6.07, 6.45) is 11.0. The molecule has 2 aliphatic rings. The van der Waals surface area contributed by atoms with Crippen molar-refractivity contribution in [1.29, 1.82) is 0 Å². The molecule has 1 aromatic rings. The molecule has 0 spiro atoms. The van der Waals surface area contributed by atoms with E-state index in [2.05, 4.69) is 15.6 Å². The van der Waals surface area contributed by atoms with Gasteiger partial charge in [0.05, 0.1) is 11.6 Å². The minimum absolute atomic E-state index is 0.0686. The zero-order valence-electron chi connectivity index (χ0n) is 15.5. The van der Waals surface area contributed by atoms with Crippen LogP contribution in [-0.2, 0) is 9.59 Å². The van der Waals surface area contributed by atoms with Gasteiger partial charge < -0.3 is 15.5 Å². The smallest absolute Gasteiger partial charge is 0.224 e. The average molecular weight is 358 g/mol. The second-order valence-electron chi connectivity index (χ2n) is 7.50. The van der Waals surface area contributed by atoms with Crippen LogP contribution in [0.1, 0.15) is 44.9 Å². The number of carbonyl (C=O) groups is 2. The van der Waals surface area contributed by atoms with E-state index < -0.39 is 0 Å². The van der Waals surface area contributed by atoms with Crippen LogP contribution in [0, 0.1) is 11.8 Å². The number of rotatable bonds is 7. The molecule has 2 amide bonds. The highest BCUT2D eigenvalue weighted by Gasteiger charge is 2.31. The van der Waals surface area contributed by atoms with Crippen LogP contribution < -0.4 is 10.6 Å². The Morgan fingerprint density at radius 2 is 2.04 bits per heavy atom. The van der Waals surface area contributed by atoms with Crippen LogP contribution in [0.15, 0.2) is 24.5 Å². The first kappa shape index (κ1) is 18.7. The van der Waals surface area contributed by atoms with E-state index >= 15 is 0 Å². The quantitative estimate of drug-likeness (QED) is 0.734. The molecule has 6 nitrogen and oxygen atoms in total. The van der Waals surface area contributed by atoms with Crippen molar-refractivity contribution in [2.24, 2.45) is 11.8 Å². The van der Waals surface area contributed by atoms with Crippen molar-refractivity contribution in [2.45, 2.75) is 44.9 Å². The molecule has 2 N–H and O–H groups in total. The molecule has 1 saturated heterocycles. The molecule has 1 aliphatic carbocycles. The zero-order valence-corrected chi connectivity index (χ0v) is 15.5. The number of hydrogen-bond donors (Lipinski definition) is 2. The number of nitrogens with one attached hydrogen (secondary N) is 2. The van der Waals surface area contributed by atoms with Crippen LogP contribution in [0.4, 0.5) is 5.69 Å². The number of piperidine rings is 1. The largest absolute Gasteiger partial charge is 0.382 e. The lowest BCUT2D eigenvalue weighted by atomic mass is 9.87. The monoisotopic (exact) mass is 358 g/mol. The molecule has 1 aromatic heterocycles. The molecule has 1 saturated carbocycles. The molecule has 142 valence electrons. The fraction of sp³-hybridized carbons (Fsp3) is 0.650. The molecule has 3 rings (SSSR count). The predicted octanol–water partition coefficient (Wildman–Crippen LogP) is 2.43. The lowest BCUT2D eigenvalue weighted by Crippen LogP contribution is -2.47. The average Bonchev–Trinajstić information content (AvgIpc) is 2.68. The summed E-state index contributed by atoms with van der Waals surface area (Å²) in [4.78, 5) is 30.7. The number of carbonyl (C=O) groups excluding carboxylic acids is 2. The number of amides is 2. The minimum atomic E-state index is -0.0744. The third-order valence-corrected chi connectivity index (χ3v) is 5.49. The third kappa shape index (κ3) is 5.44. The Morgan fingerprint density at radius 3 is 2.81 bits per heavy atom. The highest BCUT2D eigenvalue weighted by atomic mass is 16.2. The van der Waals surface area contributed by atoms with Gasteiger partial charge in [0.2, 0.25) is 11.8 Å². The summed E-state index contributed by atoms with van der Waals surface area (Å²) in [6.45, 7) is 2.65. The van der Waals surface area contributed by atoms with E-state index in [0.717, 1.165) is 12.2 Å². The Morgan fingerprint density at radius 1 is 1.19 bits per heavy atom. The summed E-state index contributed by atoms with van der Waals surface area (Å²) < 4.78 is 0. The van der Waals surface area contributed by atoms with E-state index in [-0.39, 0.29) is 17.7 Å². The fourth-order valence-electron chi connectivity index (χ4n) is 3.99. The maximum atomic E-state index is 12.5. The van der Waals surface area contributed by atoms with Crippen molar-refractivity contribution in [3.8, 4) is 0 Å². The van der Waals surface area contributed by atoms with Crippen molar-refractivity contribution in [1.82, 2.24) is 15.2 Å². The molecular formula is C20H30N4O2. The Bertz CT molecular complexity index is 587. The molecule has 6 heteroatoms. The highest BCUT2D eigenvalue weighted by Crippen LogP contribution is 2.27. The molecule has 2 heterocycles. The van der Waals surface area contributed by atoms with E-state index in [1.807, 2.05) is 17.0 Å². The number of nitrogens with zero attached hydrogens (tertiary/aromatic N) is 2. The zero-order chi connectivity index (χ0) is 18.2. The number of anilines is 1. The SMILES string of the molecule is O=C(NCCNc1cccnc1)C1CCC(=O)N(CC2CCCCC2)C1. The highest BCUT2D eigenvalue weighted by molar-refractivity contribution is 5.83. The van der Waals surface area contributed by atoms with Crippen LogP contribution in [0.3, 0.4) is 0 Å². The van der Waals surface area contributed by atoms with Gasteiger partial charge in [-0.2, -0.15) is 0 Å². The van der Waals surface area contributed by atoms with Gasteiger partial charge >= 0.3 is 0 Å². The van der Waals surface area contributed by atoms with Gasteiger partial charge in [-0.25, -0.2) is 0 Å². The minimum Gasteiger partial charge on any atom is -0.382 e. The summed E-state index contributed by atoms with van der Waals surface area (Å²) in [6, 6.07) is 3.82. The molecule has 0 radical (unpaired) electrons. The molecule has 1 aliphatic heterocycles. The van der Waals surface area contributed by atoms with Gasteiger partial charge in [0.25, 0.3) is 0 Å². The van der Waals surface area contributed by atoms with Gasteiger partial charge in [0.1, 0.15) is 0 Å². The van der Waals surface area contributed by atoms with E-state index in [1.54, 1.807) is 12.4 Å². The van der Waals surface area contributed by atoms with Gasteiger partial charge in [0, 0.05) is 45.0 Å². The summed E-state index contributed by atoms with van der Waals surface area (Å²) in [5.41, 5.74) is 0.948. The second kappa shape index (κ2) is 9.55. The molecule has 1 unspecified atom stereocenters. The number of hydrogen-bond acceptors (Lipinski definition) is 4. The second-order valence-corrected chi connectivity index (χ2v) is 7.50. The van der Waals surface area contributed by atoms with E-state index in [1.165, 1.54) is 32.1 Å². The Kier molecular flexibility index (Phi) is 6.86. The first-order valence-electron chi connectivity index (χ1n) is 9.92. The lowest BCUT2D eigenvalue weighted by Gasteiger charge is -2.35. The Hall–Kier alpha value is -2.11. The van der Waals surface area contributed by atoms with Crippen molar-refractivity contribution < 1.29 is 9.59 Å². The number of likely N-dealkylation sites (tertiary alicyclic amines) is 1.